The highest BCUT2D eigenvalue weighted by atomic mass is 32.1. The highest BCUT2D eigenvalue weighted by Crippen LogP contribution is 2.28. The van der Waals surface area contributed by atoms with Gasteiger partial charge in [0.1, 0.15) is 5.01 Å². The van der Waals surface area contributed by atoms with E-state index in [2.05, 4.69) is 15.5 Å². The smallest absolute Gasteiger partial charge is 0.258 e. The Morgan fingerprint density at radius 1 is 0.862 bits per heavy atom. The van der Waals surface area contributed by atoms with Gasteiger partial charge in [0.15, 0.2) is 0 Å². The van der Waals surface area contributed by atoms with Crippen LogP contribution < -0.4 is 5.32 Å². The van der Waals surface area contributed by atoms with Crippen molar-refractivity contribution in [3.05, 3.63) is 102 Å². The van der Waals surface area contributed by atoms with Crippen molar-refractivity contribution in [2.24, 2.45) is 0 Å². The van der Waals surface area contributed by atoms with Gasteiger partial charge in [0, 0.05) is 11.1 Å². The van der Waals surface area contributed by atoms with Gasteiger partial charge in [-0.3, -0.25) is 10.1 Å². The molecule has 1 heterocycles. The molecule has 0 bridgehead atoms. The second-order valence-electron chi connectivity index (χ2n) is 6.57. The zero-order valence-electron chi connectivity index (χ0n) is 15.9. The maximum absolute atomic E-state index is 13.1. The van der Waals surface area contributed by atoms with Crippen molar-refractivity contribution in [3.63, 3.8) is 0 Å². The summed E-state index contributed by atoms with van der Waals surface area (Å²) in [6.45, 7) is 2.04. The summed E-state index contributed by atoms with van der Waals surface area (Å²) in [6, 6.07) is 27.5. The number of benzene rings is 3. The molecule has 0 saturated heterocycles. The third kappa shape index (κ3) is 4.65. The highest BCUT2D eigenvalue weighted by Gasteiger charge is 2.15. The molecule has 0 radical (unpaired) electrons. The number of nitrogens with one attached hydrogen (secondary N) is 1. The largest absolute Gasteiger partial charge is 0.296 e. The van der Waals surface area contributed by atoms with E-state index < -0.39 is 0 Å². The Labute approximate surface area is 173 Å². The molecule has 3 aromatic carbocycles. The minimum atomic E-state index is -0.216. The van der Waals surface area contributed by atoms with Gasteiger partial charge in [-0.15, -0.1) is 10.2 Å². The zero-order chi connectivity index (χ0) is 20.1. The fraction of sp³-hybridized carbons (Fsp3) is 0.0417. The second-order valence-corrected chi connectivity index (χ2v) is 7.54. The molecule has 0 unspecified atom stereocenters. The van der Waals surface area contributed by atoms with Crippen molar-refractivity contribution in [1.82, 2.24) is 10.2 Å². The lowest BCUT2D eigenvalue weighted by Gasteiger charge is -2.07. The number of amides is 1. The molecule has 0 spiro atoms. The van der Waals surface area contributed by atoms with E-state index in [0.717, 1.165) is 21.7 Å². The molecular formula is C24H19N3OS. The second kappa shape index (κ2) is 8.63. The third-order valence-electron chi connectivity index (χ3n) is 4.38. The van der Waals surface area contributed by atoms with Gasteiger partial charge < -0.3 is 0 Å². The van der Waals surface area contributed by atoms with Crippen LogP contribution in [0, 0.1) is 6.92 Å². The monoisotopic (exact) mass is 397 g/mol. The van der Waals surface area contributed by atoms with E-state index >= 15 is 0 Å². The summed E-state index contributed by atoms with van der Waals surface area (Å²) >= 11 is 1.36. The van der Waals surface area contributed by atoms with Crippen LogP contribution in [0.5, 0.6) is 0 Å². The van der Waals surface area contributed by atoms with Crippen LogP contribution in [0.3, 0.4) is 0 Å². The molecule has 0 aliphatic carbocycles. The molecule has 4 aromatic rings. The first-order chi connectivity index (χ1) is 14.2. The zero-order valence-corrected chi connectivity index (χ0v) is 16.7. The van der Waals surface area contributed by atoms with Crippen LogP contribution in [0.1, 0.15) is 16.7 Å². The molecule has 29 heavy (non-hydrogen) atoms. The summed E-state index contributed by atoms with van der Waals surface area (Å²) in [5.74, 6) is -0.216. The molecule has 4 rings (SSSR count). The van der Waals surface area contributed by atoms with Gasteiger partial charge in [-0.1, -0.05) is 102 Å². The minimum Gasteiger partial charge on any atom is -0.296 e. The van der Waals surface area contributed by atoms with E-state index in [1.54, 1.807) is 0 Å². The van der Waals surface area contributed by atoms with E-state index in [9.17, 15) is 4.79 Å². The fourth-order valence-electron chi connectivity index (χ4n) is 2.86. The van der Waals surface area contributed by atoms with Crippen LogP contribution in [-0.4, -0.2) is 16.1 Å². The number of hydrogen-bond acceptors (Lipinski definition) is 4. The lowest BCUT2D eigenvalue weighted by molar-refractivity contribution is -0.111. The van der Waals surface area contributed by atoms with Crippen molar-refractivity contribution in [2.75, 3.05) is 5.32 Å². The number of rotatable bonds is 5. The summed E-state index contributed by atoms with van der Waals surface area (Å²) < 4.78 is 0. The number of aryl methyl sites for hydroxylation is 1. The molecular weight excluding hydrogens is 378 g/mol. The normalized spacial score (nSPS) is 11.3. The van der Waals surface area contributed by atoms with Crippen LogP contribution in [0.2, 0.25) is 0 Å². The predicted molar refractivity (Wildman–Crippen MR) is 119 cm³/mol. The molecule has 0 atom stereocenters. The molecule has 0 aliphatic rings. The van der Waals surface area contributed by atoms with Crippen molar-refractivity contribution in [1.29, 1.82) is 0 Å². The first-order valence-corrected chi connectivity index (χ1v) is 10.0. The first-order valence-electron chi connectivity index (χ1n) is 9.23. The van der Waals surface area contributed by atoms with Gasteiger partial charge in [0.2, 0.25) is 5.13 Å². The van der Waals surface area contributed by atoms with E-state index in [0.29, 0.717) is 10.7 Å². The summed E-state index contributed by atoms with van der Waals surface area (Å²) in [5, 5.41) is 12.5. The number of nitrogens with zero attached hydrogens (tertiary/aromatic N) is 2. The Hall–Kier alpha value is -3.57. The molecule has 1 amide bonds. The number of anilines is 1. The molecule has 1 N–H and O–H groups in total. The summed E-state index contributed by atoms with van der Waals surface area (Å²) in [4.78, 5) is 13.1. The highest BCUT2D eigenvalue weighted by molar-refractivity contribution is 7.18. The van der Waals surface area contributed by atoms with Crippen LogP contribution in [0.25, 0.3) is 22.2 Å². The van der Waals surface area contributed by atoms with Crippen molar-refractivity contribution in [3.8, 4) is 10.6 Å². The molecule has 0 aliphatic heterocycles. The summed E-state index contributed by atoms with van der Waals surface area (Å²) in [7, 11) is 0. The SMILES string of the molecule is Cc1ccc(-c2nnc(NC(=O)/C(=C/c3ccccc3)c3ccccc3)s2)cc1. The summed E-state index contributed by atoms with van der Waals surface area (Å²) in [5.41, 5.74) is 4.54. The van der Waals surface area contributed by atoms with E-state index in [1.165, 1.54) is 16.9 Å². The average Bonchev–Trinajstić information content (AvgIpc) is 3.22. The van der Waals surface area contributed by atoms with Crippen LogP contribution in [0.4, 0.5) is 5.13 Å². The maximum Gasteiger partial charge on any atom is 0.258 e. The number of carbonyl (C=O) groups is 1. The minimum absolute atomic E-state index is 0.216. The molecule has 5 heteroatoms. The maximum atomic E-state index is 13.1. The first kappa shape index (κ1) is 18.8. The number of aromatic nitrogens is 2. The molecule has 142 valence electrons. The predicted octanol–water partition coefficient (Wildman–Crippen LogP) is 5.69. The van der Waals surface area contributed by atoms with Gasteiger partial charge >= 0.3 is 0 Å². The molecule has 1 aromatic heterocycles. The Bertz CT molecular complexity index is 1130. The molecule has 4 nitrogen and oxygen atoms in total. The van der Waals surface area contributed by atoms with E-state index in [-0.39, 0.29) is 5.91 Å². The average molecular weight is 398 g/mol. The van der Waals surface area contributed by atoms with Crippen molar-refractivity contribution < 1.29 is 4.79 Å². The van der Waals surface area contributed by atoms with Crippen molar-refractivity contribution in [2.45, 2.75) is 6.92 Å². The van der Waals surface area contributed by atoms with Gasteiger partial charge in [-0.05, 0) is 24.1 Å². The Balaban J connectivity index is 1.60. The lowest BCUT2D eigenvalue weighted by atomic mass is 10.0. The van der Waals surface area contributed by atoms with Crippen molar-refractivity contribution >= 4 is 34.0 Å². The van der Waals surface area contributed by atoms with Gasteiger partial charge in [0.25, 0.3) is 5.91 Å². The molecule has 0 fully saturated rings. The Morgan fingerprint density at radius 2 is 1.52 bits per heavy atom. The van der Waals surface area contributed by atoms with Gasteiger partial charge in [-0.25, -0.2) is 0 Å². The van der Waals surface area contributed by atoms with Crippen LogP contribution in [0.15, 0.2) is 84.9 Å². The summed E-state index contributed by atoms with van der Waals surface area (Å²) in [6.07, 6.45) is 1.88. The van der Waals surface area contributed by atoms with Crippen LogP contribution in [-0.2, 0) is 4.79 Å². The van der Waals surface area contributed by atoms with E-state index in [4.69, 9.17) is 0 Å². The third-order valence-corrected chi connectivity index (χ3v) is 5.27. The Kier molecular flexibility index (Phi) is 5.59. The van der Waals surface area contributed by atoms with Gasteiger partial charge in [-0.2, -0.15) is 0 Å². The lowest BCUT2D eigenvalue weighted by Crippen LogP contribution is -2.13. The molecule has 0 saturated carbocycles. The quantitative estimate of drug-likeness (QED) is 0.347. The fourth-order valence-corrected chi connectivity index (χ4v) is 3.61. The standard InChI is InChI=1S/C24H19N3OS/c1-17-12-14-20(15-13-17)23-26-27-24(29-23)25-22(28)21(19-10-6-3-7-11-19)16-18-8-4-2-5-9-18/h2-16H,1H3,(H,25,27,28)/b21-16+. The van der Waals surface area contributed by atoms with Gasteiger partial charge in [0.05, 0.1) is 0 Å². The number of carbonyl (C=O) groups excluding carboxylic acids is 1. The number of hydrogen-bond donors (Lipinski definition) is 1. The Morgan fingerprint density at radius 3 is 2.21 bits per heavy atom. The van der Waals surface area contributed by atoms with Crippen LogP contribution >= 0.6 is 11.3 Å². The topological polar surface area (TPSA) is 54.9 Å². The van der Waals surface area contributed by atoms with E-state index in [1.807, 2.05) is 97.9 Å².